The molecule has 0 amide bonds. The highest BCUT2D eigenvalue weighted by Gasteiger charge is 2.25. The number of rotatable bonds is 7. The highest BCUT2D eigenvalue weighted by atomic mass is 16.5. The fraction of sp³-hybridized carbons (Fsp3) is 0.520. The van der Waals surface area contributed by atoms with E-state index in [1.165, 1.54) is 42.4 Å². The summed E-state index contributed by atoms with van der Waals surface area (Å²) in [7, 11) is 0. The third-order valence-corrected chi connectivity index (χ3v) is 6.64. The molecule has 1 saturated carbocycles. The molecule has 4 rings (SSSR count). The van der Waals surface area contributed by atoms with Crippen molar-refractivity contribution in [3.63, 3.8) is 0 Å². The molecule has 0 spiro atoms. The van der Waals surface area contributed by atoms with Crippen LogP contribution < -0.4 is 16.2 Å². The van der Waals surface area contributed by atoms with Gasteiger partial charge in [-0.2, -0.15) is 0 Å². The number of benzene rings is 2. The standard InChI is InChI=1S/C25H34N2O2/c26-14-19-2-1-3-23(12-19)21-8-10-24(11-9-21)28-16-18-4-6-22(7-5-18)25-13-20(15-27)17-29-25/h4-11,19-20,23,25H,1-3,12-17,26-27H2. The average Bonchev–Trinajstić information content (AvgIpc) is 3.28. The van der Waals surface area contributed by atoms with Crippen molar-refractivity contribution in [2.45, 2.75) is 50.7 Å². The first-order chi connectivity index (χ1) is 14.2. The summed E-state index contributed by atoms with van der Waals surface area (Å²) in [6.07, 6.45) is 6.28. The van der Waals surface area contributed by atoms with Crippen molar-refractivity contribution in [3.8, 4) is 5.75 Å². The van der Waals surface area contributed by atoms with Crippen LogP contribution in [0.1, 0.15) is 60.8 Å². The number of hydrogen-bond acceptors (Lipinski definition) is 4. The van der Waals surface area contributed by atoms with Gasteiger partial charge in [0.05, 0.1) is 12.7 Å². The van der Waals surface area contributed by atoms with Gasteiger partial charge in [-0.25, -0.2) is 0 Å². The van der Waals surface area contributed by atoms with E-state index < -0.39 is 0 Å². The zero-order valence-electron chi connectivity index (χ0n) is 17.3. The quantitative estimate of drug-likeness (QED) is 0.723. The van der Waals surface area contributed by atoms with Gasteiger partial charge in [-0.3, -0.25) is 0 Å². The van der Waals surface area contributed by atoms with Gasteiger partial charge < -0.3 is 20.9 Å². The second-order valence-electron chi connectivity index (χ2n) is 8.72. The van der Waals surface area contributed by atoms with Crippen LogP contribution in [-0.4, -0.2) is 19.7 Å². The number of nitrogens with two attached hydrogens (primary N) is 2. The van der Waals surface area contributed by atoms with Crippen LogP contribution in [0.5, 0.6) is 5.75 Å². The maximum atomic E-state index is 6.01. The van der Waals surface area contributed by atoms with Crippen LogP contribution in [0, 0.1) is 11.8 Å². The first kappa shape index (κ1) is 20.4. The minimum Gasteiger partial charge on any atom is -0.489 e. The molecule has 0 bridgehead atoms. The van der Waals surface area contributed by atoms with Crippen molar-refractivity contribution in [2.24, 2.45) is 23.3 Å². The Balaban J connectivity index is 1.29. The van der Waals surface area contributed by atoms with Crippen LogP contribution in [0.4, 0.5) is 0 Å². The van der Waals surface area contributed by atoms with Gasteiger partial charge >= 0.3 is 0 Å². The van der Waals surface area contributed by atoms with Crippen molar-refractivity contribution < 1.29 is 9.47 Å². The summed E-state index contributed by atoms with van der Waals surface area (Å²) >= 11 is 0. The lowest BCUT2D eigenvalue weighted by Gasteiger charge is -2.28. The molecule has 1 aliphatic carbocycles. The van der Waals surface area contributed by atoms with Crippen LogP contribution in [-0.2, 0) is 11.3 Å². The Kier molecular flexibility index (Phi) is 6.86. The van der Waals surface area contributed by atoms with Crippen LogP contribution in [0.2, 0.25) is 0 Å². The predicted molar refractivity (Wildman–Crippen MR) is 117 cm³/mol. The first-order valence-corrected chi connectivity index (χ1v) is 11.1. The summed E-state index contributed by atoms with van der Waals surface area (Å²) < 4.78 is 11.9. The molecule has 2 aliphatic rings. The van der Waals surface area contributed by atoms with Crippen molar-refractivity contribution in [2.75, 3.05) is 19.7 Å². The van der Waals surface area contributed by atoms with Crippen molar-refractivity contribution >= 4 is 0 Å². The zero-order valence-corrected chi connectivity index (χ0v) is 17.3. The maximum absolute atomic E-state index is 6.01. The first-order valence-electron chi connectivity index (χ1n) is 11.1. The number of hydrogen-bond donors (Lipinski definition) is 2. The minimum atomic E-state index is 0.185. The summed E-state index contributed by atoms with van der Waals surface area (Å²) in [5, 5.41) is 0. The van der Waals surface area contributed by atoms with E-state index in [-0.39, 0.29) is 6.10 Å². The lowest BCUT2D eigenvalue weighted by atomic mass is 9.78. The van der Waals surface area contributed by atoms with Gasteiger partial charge in [-0.1, -0.05) is 42.8 Å². The molecule has 4 atom stereocenters. The van der Waals surface area contributed by atoms with Crippen molar-refractivity contribution in [3.05, 3.63) is 65.2 Å². The summed E-state index contributed by atoms with van der Waals surface area (Å²) in [5.74, 6) is 2.74. The summed E-state index contributed by atoms with van der Waals surface area (Å²) in [4.78, 5) is 0. The normalized spacial score (nSPS) is 27.1. The summed E-state index contributed by atoms with van der Waals surface area (Å²) in [6.45, 7) is 2.87. The van der Waals surface area contributed by atoms with E-state index in [0.717, 1.165) is 25.3 Å². The second kappa shape index (κ2) is 9.75. The molecule has 1 saturated heterocycles. The second-order valence-corrected chi connectivity index (χ2v) is 8.72. The molecule has 4 unspecified atom stereocenters. The molecule has 0 radical (unpaired) electrons. The van der Waals surface area contributed by atoms with Gasteiger partial charge in [-0.15, -0.1) is 0 Å². The molecule has 2 fully saturated rings. The van der Waals surface area contributed by atoms with Gasteiger partial charge in [0.2, 0.25) is 0 Å². The Morgan fingerprint density at radius 2 is 1.55 bits per heavy atom. The zero-order chi connectivity index (χ0) is 20.1. The summed E-state index contributed by atoms with van der Waals surface area (Å²) in [6, 6.07) is 17.3. The van der Waals surface area contributed by atoms with Crippen LogP contribution >= 0.6 is 0 Å². The molecule has 29 heavy (non-hydrogen) atoms. The SMILES string of the molecule is NCC1CCCC(c2ccc(OCc3ccc(C4CC(CN)CO4)cc3)cc2)C1. The molecule has 1 aliphatic heterocycles. The Morgan fingerprint density at radius 3 is 2.24 bits per heavy atom. The van der Waals surface area contributed by atoms with Gasteiger partial charge in [0.1, 0.15) is 12.4 Å². The fourth-order valence-electron chi connectivity index (χ4n) is 4.73. The monoisotopic (exact) mass is 394 g/mol. The molecule has 0 aromatic heterocycles. The molecule has 4 heteroatoms. The van der Waals surface area contributed by atoms with Crippen LogP contribution in [0.15, 0.2) is 48.5 Å². The minimum absolute atomic E-state index is 0.185. The molecular weight excluding hydrogens is 360 g/mol. The molecule has 4 N–H and O–H groups in total. The molecule has 2 aromatic rings. The van der Waals surface area contributed by atoms with Crippen LogP contribution in [0.3, 0.4) is 0 Å². The number of ether oxygens (including phenoxy) is 2. The van der Waals surface area contributed by atoms with Gasteiger partial charge in [0.15, 0.2) is 0 Å². The highest BCUT2D eigenvalue weighted by molar-refractivity contribution is 5.31. The van der Waals surface area contributed by atoms with E-state index in [4.69, 9.17) is 20.9 Å². The lowest BCUT2D eigenvalue weighted by molar-refractivity contribution is 0.107. The van der Waals surface area contributed by atoms with E-state index in [0.29, 0.717) is 30.9 Å². The summed E-state index contributed by atoms with van der Waals surface area (Å²) in [5.41, 5.74) is 15.5. The third kappa shape index (κ3) is 5.19. The van der Waals surface area contributed by atoms with Gasteiger partial charge in [-0.05, 0) is 85.3 Å². The Labute approximate surface area is 174 Å². The Hall–Kier alpha value is -1.88. The Morgan fingerprint density at radius 1 is 0.828 bits per heavy atom. The Bertz CT molecular complexity index is 759. The van der Waals surface area contributed by atoms with E-state index >= 15 is 0 Å². The third-order valence-electron chi connectivity index (χ3n) is 6.64. The van der Waals surface area contributed by atoms with E-state index in [2.05, 4.69) is 48.5 Å². The molecule has 4 nitrogen and oxygen atoms in total. The molecule has 1 heterocycles. The predicted octanol–water partition coefficient (Wildman–Crippen LogP) is 4.53. The van der Waals surface area contributed by atoms with Crippen molar-refractivity contribution in [1.82, 2.24) is 0 Å². The molecular formula is C25H34N2O2. The molecule has 156 valence electrons. The lowest BCUT2D eigenvalue weighted by Crippen LogP contribution is -2.21. The fourth-order valence-corrected chi connectivity index (χ4v) is 4.73. The van der Waals surface area contributed by atoms with E-state index in [1.807, 2.05) is 0 Å². The average molecular weight is 395 g/mol. The van der Waals surface area contributed by atoms with E-state index in [9.17, 15) is 0 Å². The van der Waals surface area contributed by atoms with Crippen LogP contribution in [0.25, 0.3) is 0 Å². The van der Waals surface area contributed by atoms with Crippen molar-refractivity contribution in [1.29, 1.82) is 0 Å². The van der Waals surface area contributed by atoms with Gasteiger partial charge in [0, 0.05) is 0 Å². The maximum Gasteiger partial charge on any atom is 0.119 e. The highest BCUT2D eigenvalue weighted by Crippen LogP contribution is 2.36. The van der Waals surface area contributed by atoms with E-state index in [1.54, 1.807) is 0 Å². The van der Waals surface area contributed by atoms with Gasteiger partial charge in [0.25, 0.3) is 0 Å². The molecule has 2 aromatic carbocycles. The topological polar surface area (TPSA) is 70.5 Å². The smallest absolute Gasteiger partial charge is 0.119 e. The largest absolute Gasteiger partial charge is 0.489 e.